The minimum Gasteiger partial charge on any atom is -0.367 e. The Kier molecular flexibility index (Phi) is 5.25. The largest absolute Gasteiger partial charge is 0.421 e. The van der Waals surface area contributed by atoms with Crippen molar-refractivity contribution in [2.45, 2.75) is 49.7 Å². The van der Waals surface area contributed by atoms with Crippen molar-refractivity contribution < 1.29 is 13.2 Å². The summed E-state index contributed by atoms with van der Waals surface area (Å²) in [4.78, 5) is 9.61. The molecule has 1 fully saturated rings. The van der Waals surface area contributed by atoms with Crippen LogP contribution in [0.25, 0.3) is 0 Å². The number of nitrogens with one attached hydrogen (secondary N) is 2. The maximum Gasteiger partial charge on any atom is 0.421 e. The zero-order valence-electron chi connectivity index (χ0n) is 18.6. The molecule has 0 atom stereocenters. The summed E-state index contributed by atoms with van der Waals surface area (Å²) in [6, 6.07) is 1.82. The molecule has 32 heavy (non-hydrogen) atoms. The number of nitrogens with zero attached hydrogens (tertiary/aromatic N) is 7. The lowest BCUT2D eigenvalue weighted by atomic mass is 9.49. The zero-order chi connectivity index (χ0) is 23.3. The quantitative estimate of drug-likeness (QED) is 0.491. The summed E-state index contributed by atoms with van der Waals surface area (Å²) in [6.07, 6.45) is 1.08. The lowest BCUT2D eigenvalue weighted by molar-refractivity contribution is -0.137. The zero-order valence-corrected chi connectivity index (χ0v) is 18.6. The molecule has 2 N–H and O–H groups in total. The van der Waals surface area contributed by atoms with Gasteiger partial charge in [-0.05, 0) is 31.9 Å². The summed E-state index contributed by atoms with van der Waals surface area (Å²) in [7, 11) is 5.92. The summed E-state index contributed by atoms with van der Waals surface area (Å²) in [5, 5.41) is 18.7. The van der Waals surface area contributed by atoms with Crippen LogP contribution in [0.1, 0.15) is 37.9 Å². The Bertz CT molecular complexity index is 1100. The summed E-state index contributed by atoms with van der Waals surface area (Å²) >= 11 is 0. The van der Waals surface area contributed by atoms with Crippen LogP contribution in [0.2, 0.25) is 0 Å². The van der Waals surface area contributed by atoms with Gasteiger partial charge < -0.3 is 10.6 Å². The van der Waals surface area contributed by atoms with Gasteiger partial charge in [0.2, 0.25) is 5.95 Å². The van der Waals surface area contributed by atoms with Crippen molar-refractivity contribution in [1.82, 2.24) is 34.7 Å². The molecule has 0 radical (unpaired) electrons. The second-order valence-electron chi connectivity index (χ2n) is 9.37. The number of aromatic nitrogens is 7. The molecule has 3 heterocycles. The fourth-order valence-electron chi connectivity index (χ4n) is 3.18. The highest BCUT2D eigenvalue weighted by Crippen LogP contribution is 2.36. The smallest absolute Gasteiger partial charge is 0.367 e. The number of hydrogen-bond donors (Lipinski definition) is 2. The van der Waals surface area contributed by atoms with Crippen molar-refractivity contribution in [3.63, 3.8) is 0 Å². The van der Waals surface area contributed by atoms with Gasteiger partial charge in [0.05, 0.1) is 18.1 Å². The molecule has 0 bridgehead atoms. The summed E-state index contributed by atoms with van der Waals surface area (Å²) in [5.74, 6) is 0.374. The van der Waals surface area contributed by atoms with Gasteiger partial charge in [0.1, 0.15) is 46.3 Å². The van der Waals surface area contributed by atoms with Crippen LogP contribution in [-0.4, -0.2) is 64.3 Å². The molecule has 3 aromatic heterocycles. The van der Waals surface area contributed by atoms with E-state index < -0.39 is 22.5 Å². The Morgan fingerprint density at radius 1 is 1.09 bits per heavy atom. The van der Waals surface area contributed by atoms with Crippen molar-refractivity contribution in [2.75, 3.05) is 10.6 Å². The van der Waals surface area contributed by atoms with E-state index in [-0.39, 0.29) is 17.8 Å². The van der Waals surface area contributed by atoms with Gasteiger partial charge in [-0.3, -0.25) is 4.68 Å². The predicted molar refractivity (Wildman–Crippen MR) is 121 cm³/mol. The van der Waals surface area contributed by atoms with E-state index in [1.165, 1.54) is 0 Å². The van der Waals surface area contributed by atoms with Crippen LogP contribution < -0.4 is 10.6 Å². The van der Waals surface area contributed by atoms with E-state index in [0.717, 1.165) is 19.0 Å². The Morgan fingerprint density at radius 2 is 1.75 bits per heavy atom. The highest BCUT2D eigenvalue weighted by molar-refractivity contribution is 6.56. The molecule has 1 aliphatic carbocycles. The summed E-state index contributed by atoms with van der Waals surface area (Å²) in [6.45, 7) is 3.86. The van der Waals surface area contributed by atoms with Gasteiger partial charge >= 0.3 is 6.18 Å². The van der Waals surface area contributed by atoms with E-state index in [1.54, 1.807) is 21.9 Å². The third-order valence-electron chi connectivity index (χ3n) is 5.14. The first-order valence-corrected chi connectivity index (χ1v) is 10.3. The van der Waals surface area contributed by atoms with Gasteiger partial charge in [-0.25, -0.2) is 4.98 Å². The SMILES string of the molecule is BC(B)(B)n1nc(C(C)(C)n2nccn2)cc1Nc1ncc(C(F)(F)F)c(NC2CC2)n1. The third kappa shape index (κ3) is 4.46. The maximum absolute atomic E-state index is 13.4. The Hall–Kier alpha value is -2.99. The fourth-order valence-corrected chi connectivity index (χ4v) is 3.18. The van der Waals surface area contributed by atoms with Crippen LogP contribution in [0.3, 0.4) is 0 Å². The van der Waals surface area contributed by atoms with Crippen LogP contribution in [0.4, 0.5) is 30.8 Å². The van der Waals surface area contributed by atoms with Crippen LogP contribution in [0.5, 0.6) is 0 Å². The first-order chi connectivity index (χ1) is 14.9. The summed E-state index contributed by atoms with van der Waals surface area (Å²) < 4.78 is 41.9. The standard InChI is InChI=1S/C17H23B3F3N9/c1-15(2,32-25-5-6-26-32)11-7-12(31(30-11)17(18,19)20)28-14-24-8-10(16(21,22)23)13(29-14)27-9-3-4-9/h5-9H,3-4,18-20H2,1-2H3,(H2,24,27,28,29). The molecular weight excluding hydrogens is 420 g/mol. The predicted octanol–water partition coefficient (Wildman–Crippen LogP) is -0.148. The molecule has 166 valence electrons. The van der Waals surface area contributed by atoms with Gasteiger partial charge in [-0.15, -0.1) is 0 Å². The van der Waals surface area contributed by atoms with Crippen LogP contribution in [-0.2, 0) is 17.0 Å². The van der Waals surface area contributed by atoms with E-state index >= 15 is 0 Å². The van der Waals surface area contributed by atoms with Crippen LogP contribution >= 0.6 is 0 Å². The van der Waals surface area contributed by atoms with Gasteiger partial charge in [-0.2, -0.15) is 38.2 Å². The Labute approximate surface area is 185 Å². The summed E-state index contributed by atoms with van der Waals surface area (Å²) in [5.41, 5.74) is -0.865. The maximum atomic E-state index is 13.4. The molecule has 0 amide bonds. The lowest BCUT2D eigenvalue weighted by Gasteiger charge is -2.24. The highest BCUT2D eigenvalue weighted by atomic mass is 19.4. The molecule has 0 aliphatic heterocycles. The highest BCUT2D eigenvalue weighted by Gasteiger charge is 2.37. The monoisotopic (exact) mass is 443 g/mol. The van der Waals surface area contributed by atoms with Crippen molar-refractivity contribution in [3.8, 4) is 0 Å². The number of alkyl halides is 3. The van der Waals surface area contributed by atoms with Gasteiger partial charge in [0.15, 0.2) is 0 Å². The number of rotatable bonds is 7. The van der Waals surface area contributed by atoms with Gasteiger partial charge in [-0.1, -0.05) is 0 Å². The van der Waals surface area contributed by atoms with Crippen molar-refractivity contribution in [1.29, 1.82) is 0 Å². The second-order valence-corrected chi connectivity index (χ2v) is 9.37. The molecule has 1 saturated carbocycles. The molecule has 3 aromatic rings. The molecule has 0 saturated heterocycles. The average molecular weight is 443 g/mol. The molecule has 0 unspecified atom stereocenters. The number of halogens is 3. The van der Waals surface area contributed by atoms with Gasteiger partial charge in [0, 0.05) is 18.3 Å². The van der Waals surface area contributed by atoms with Crippen molar-refractivity contribution in [2.24, 2.45) is 0 Å². The third-order valence-corrected chi connectivity index (χ3v) is 5.14. The van der Waals surface area contributed by atoms with E-state index in [2.05, 4.69) is 30.8 Å². The van der Waals surface area contributed by atoms with E-state index in [0.29, 0.717) is 11.5 Å². The Balaban J connectivity index is 1.71. The first kappa shape index (κ1) is 22.2. The molecule has 9 nitrogen and oxygen atoms in total. The average Bonchev–Trinajstić information content (AvgIpc) is 3.16. The van der Waals surface area contributed by atoms with Gasteiger partial charge in [0.25, 0.3) is 0 Å². The minimum absolute atomic E-state index is 0.00734. The molecule has 15 heteroatoms. The fraction of sp³-hybridized carbons (Fsp3) is 0.471. The normalized spacial score (nSPS) is 15.0. The van der Waals surface area contributed by atoms with E-state index in [4.69, 9.17) is 5.10 Å². The van der Waals surface area contributed by atoms with Crippen molar-refractivity contribution >= 4 is 41.1 Å². The van der Waals surface area contributed by atoms with E-state index in [9.17, 15) is 13.2 Å². The Morgan fingerprint density at radius 3 is 2.31 bits per heavy atom. The van der Waals surface area contributed by atoms with Crippen molar-refractivity contribution in [3.05, 3.63) is 35.9 Å². The topological polar surface area (TPSA) is 98.4 Å². The molecule has 0 spiro atoms. The molecule has 0 aromatic carbocycles. The molecular formula is C17H23B3F3N9. The molecule has 1 aliphatic rings. The second kappa shape index (κ2) is 7.56. The van der Waals surface area contributed by atoms with Crippen LogP contribution in [0, 0.1) is 0 Å². The molecule has 4 rings (SSSR count). The lowest BCUT2D eigenvalue weighted by Crippen LogP contribution is -2.38. The number of anilines is 3. The minimum atomic E-state index is -4.54. The first-order valence-electron chi connectivity index (χ1n) is 10.3. The van der Waals surface area contributed by atoms with Crippen LogP contribution in [0.15, 0.2) is 24.7 Å². The number of hydrogen-bond acceptors (Lipinski definition) is 7. The van der Waals surface area contributed by atoms with E-state index in [1.807, 2.05) is 43.5 Å².